The van der Waals surface area contributed by atoms with E-state index in [0.29, 0.717) is 19.6 Å². The normalized spacial score (nSPS) is 12.1. The first-order valence-corrected chi connectivity index (χ1v) is 12.0. The fraction of sp³-hybridized carbons (Fsp3) is 0.450. The molecule has 0 aliphatic carbocycles. The van der Waals surface area contributed by atoms with E-state index < -0.39 is 14.4 Å². The molecule has 6 heteroatoms. The van der Waals surface area contributed by atoms with Crippen molar-refractivity contribution in [2.45, 2.75) is 38.5 Å². The van der Waals surface area contributed by atoms with Gasteiger partial charge in [-0.3, -0.25) is 0 Å². The molecular weight excluding hydrogens is 346 g/mol. The van der Waals surface area contributed by atoms with Crippen LogP contribution in [0.3, 0.4) is 0 Å². The van der Waals surface area contributed by atoms with Gasteiger partial charge < -0.3 is 19.2 Å². The van der Waals surface area contributed by atoms with Gasteiger partial charge in [-0.15, -0.1) is 0 Å². The molecule has 0 aliphatic heterocycles. The van der Waals surface area contributed by atoms with E-state index in [-0.39, 0.29) is 12.6 Å². The highest BCUT2D eigenvalue weighted by Crippen LogP contribution is 2.15. The summed E-state index contributed by atoms with van der Waals surface area (Å²) in [6, 6.07) is 8.67. The van der Waals surface area contributed by atoms with Crippen LogP contribution >= 0.6 is 0 Å². The van der Waals surface area contributed by atoms with Gasteiger partial charge in [-0.25, -0.2) is 4.79 Å². The van der Waals surface area contributed by atoms with Crippen LogP contribution in [0.4, 0.5) is 4.79 Å². The number of hydrogen-bond acceptors (Lipinski definition) is 4. The summed E-state index contributed by atoms with van der Waals surface area (Å²) in [7, 11) is -1.70. The highest BCUT2D eigenvalue weighted by atomic mass is 28.4. The predicted octanol–water partition coefficient (Wildman–Crippen LogP) is 4.32. The molecule has 1 amide bonds. The van der Waals surface area contributed by atoms with E-state index in [4.69, 9.17) is 13.9 Å². The summed E-state index contributed by atoms with van der Waals surface area (Å²) >= 11 is 0. The highest BCUT2D eigenvalue weighted by Gasteiger charge is 2.23. The SMILES string of the molecule is C=CCOC(=O)N[C@H](CO[Si](C)(C)CC)Cc1ccc(OCC=C)cc1. The lowest BCUT2D eigenvalue weighted by Crippen LogP contribution is -2.43. The summed E-state index contributed by atoms with van der Waals surface area (Å²) in [5, 5.41) is 2.89. The molecule has 0 saturated carbocycles. The minimum Gasteiger partial charge on any atom is -0.490 e. The lowest BCUT2D eigenvalue weighted by molar-refractivity contribution is 0.147. The van der Waals surface area contributed by atoms with Crippen molar-refractivity contribution in [1.82, 2.24) is 5.32 Å². The average Bonchev–Trinajstić information content (AvgIpc) is 2.64. The summed E-state index contributed by atoms with van der Waals surface area (Å²) < 4.78 is 16.6. The molecule has 0 aromatic heterocycles. The second-order valence-electron chi connectivity index (χ2n) is 6.60. The molecule has 26 heavy (non-hydrogen) atoms. The summed E-state index contributed by atoms with van der Waals surface area (Å²) in [6.45, 7) is 14.8. The summed E-state index contributed by atoms with van der Waals surface area (Å²) in [6.07, 6.45) is 3.44. The molecule has 1 N–H and O–H groups in total. The Balaban J connectivity index is 2.71. The monoisotopic (exact) mass is 377 g/mol. The van der Waals surface area contributed by atoms with E-state index >= 15 is 0 Å². The van der Waals surface area contributed by atoms with Crippen molar-refractivity contribution in [3.8, 4) is 5.75 Å². The van der Waals surface area contributed by atoms with Gasteiger partial charge in [-0.1, -0.05) is 44.4 Å². The van der Waals surface area contributed by atoms with Gasteiger partial charge >= 0.3 is 6.09 Å². The summed E-state index contributed by atoms with van der Waals surface area (Å²) in [4.78, 5) is 11.9. The predicted molar refractivity (Wildman–Crippen MR) is 108 cm³/mol. The van der Waals surface area contributed by atoms with E-state index in [9.17, 15) is 4.79 Å². The average molecular weight is 378 g/mol. The Labute approximate surface area is 158 Å². The third-order valence-electron chi connectivity index (χ3n) is 3.95. The largest absolute Gasteiger partial charge is 0.490 e. The van der Waals surface area contributed by atoms with E-state index in [0.717, 1.165) is 17.4 Å². The number of hydrogen-bond donors (Lipinski definition) is 1. The van der Waals surface area contributed by atoms with E-state index in [2.05, 4.69) is 38.5 Å². The molecule has 5 nitrogen and oxygen atoms in total. The van der Waals surface area contributed by atoms with E-state index in [1.54, 1.807) is 12.2 Å². The van der Waals surface area contributed by atoms with Crippen LogP contribution in [-0.4, -0.2) is 40.3 Å². The van der Waals surface area contributed by atoms with Crippen LogP contribution in [0.1, 0.15) is 12.5 Å². The van der Waals surface area contributed by atoms with Gasteiger partial charge in [0, 0.05) is 0 Å². The van der Waals surface area contributed by atoms with Crippen LogP contribution < -0.4 is 10.1 Å². The zero-order valence-corrected chi connectivity index (χ0v) is 17.1. The maximum atomic E-state index is 11.9. The number of nitrogens with one attached hydrogen (secondary N) is 1. The molecule has 0 aliphatic rings. The summed E-state index contributed by atoms with van der Waals surface area (Å²) in [5.41, 5.74) is 1.09. The number of amides is 1. The third kappa shape index (κ3) is 8.87. The van der Waals surface area contributed by atoms with Gasteiger partial charge in [0.1, 0.15) is 19.0 Å². The van der Waals surface area contributed by atoms with Crippen LogP contribution in [0.2, 0.25) is 19.1 Å². The van der Waals surface area contributed by atoms with Crippen molar-refractivity contribution in [3.63, 3.8) is 0 Å². The van der Waals surface area contributed by atoms with Crippen molar-refractivity contribution < 1.29 is 18.7 Å². The van der Waals surface area contributed by atoms with E-state index in [1.807, 2.05) is 24.3 Å². The van der Waals surface area contributed by atoms with Crippen LogP contribution in [-0.2, 0) is 15.6 Å². The Kier molecular flexibility index (Phi) is 9.76. The maximum Gasteiger partial charge on any atom is 0.407 e. The van der Waals surface area contributed by atoms with Gasteiger partial charge in [0.2, 0.25) is 0 Å². The molecule has 0 fully saturated rings. The Morgan fingerprint density at radius 1 is 1.19 bits per heavy atom. The number of carbonyl (C=O) groups excluding carboxylic acids is 1. The molecule has 0 heterocycles. The van der Waals surface area contributed by atoms with E-state index in [1.165, 1.54) is 0 Å². The van der Waals surface area contributed by atoms with Crippen molar-refractivity contribution in [2.75, 3.05) is 19.8 Å². The molecule has 144 valence electrons. The van der Waals surface area contributed by atoms with Gasteiger partial charge in [-0.2, -0.15) is 0 Å². The number of ether oxygens (including phenoxy) is 2. The minimum atomic E-state index is -1.70. The number of benzene rings is 1. The number of rotatable bonds is 12. The molecule has 1 rings (SSSR count). The third-order valence-corrected chi connectivity index (χ3v) is 6.61. The lowest BCUT2D eigenvalue weighted by atomic mass is 10.1. The molecule has 0 saturated heterocycles. The van der Waals surface area contributed by atoms with Gasteiger partial charge in [0.25, 0.3) is 0 Å². The standard InChI is InChI=1S/C20H31NO4Si/c1-6-13-23-19-11-9-17(10-12-19)15-18(16-25-26(4,5)8-3)21-20(22)24-14-7-2/h6-7,9-12,18H,1-2,8,13-16H2,3-5H3,(H,21,22)/t18-/m0/s1. The molecule has 1 aromatic carbocycles. The first kappa shape index (κ1) is 22.0. The summed E-state index contributed by atoms with van der Waals surface area (Å²) in [5.74, 6) is 0.791. The molecule has 1 atom stereocenters. The first-order valence-electron chi connectivity index (χ1n) is 8.91. The van der Waals surface area contributed by atoms with Crippen LogP contribution in [0.15, 0.2) is 49.6 Å². The molecule has 0 radical (unpaired) electrons. The highest BCUT2D eigenvalue weighted by molar-refractivity contribution is 6.71. The first-order chi connectivity index (χ1) is 12.4. The topological polar surface area (TPSA) is 56.8 Å². The minimum absolute atomic E-state index is 0.161. The molecule has 0 spiro atoms. The molecular formula is C20H31NO4Si. The quantitative estimate of drug-likeness (QED) is 0.435. The molecule has 1 aromatic rings. The van der Waals surface area contributed by atoms with Crippen LogP contribution in [0.25, 0.3) is 0 Å². The number of carbonyl (C=O) groups is 1. The maximum absolute atomic E-state index is 11.9. The van der Waals surface area contributed by atoms with Crippen molar-refractivity contribution in [3.05, 3.63) is 55.1 Å². The van der Waals surface area contributed by atoms with Crippen molar-refractivity contribution in [1.29, 1.82) is 0 Å². The van der Waals surface area contributed by atoms with Crippen molar-refractivity contribution >= 4 is 14.4 Å². The van der Waals surface area contributed by atoms with Gasteiger partial charge in [0.15, 0.2) is 8.32 Å². The zero-order valence-electron chi connectivity index (χ0n) is 16.1. The van der Waals surface area contributed by atoms with Gasteiger partial charge in [-0.05, 0) is 43.3 Å². The Hall–Kier alpha value is -2.05. The fourth-order valence-corrected chi connectivity index (χ4v) is 2.94. The Morgan fingerprint density at radius 2 is 1.85 bits per heavy atom. The Bertz CT molecular complexity index is 572. The molecule has 0 unspecified atom stereocenters. The van der Waals surface area contributed by atoms with Crippen LogP contribution in [0, 0.1) is 0 Å². The Morgan fingerprint density at radius 3 is 2.42 bits per heavy atom. The second kappa shape index (κ2) is 11.5. The lowest BCUT2D eigenvalue weighted by Gasteiger charge is -2.26. The zero-order chi connectivity index (χ0) is 19.4. The smallest absolute Gasteiger partial charge is 0.407 e. The second-order valence-corrected chi connectivity index (χ2v) is 11.1. The molecule has 0 bridgehead atoms. The van der Waals surface area contributed by atoms with Crippen molar-refractivity contribution in [2.24, 2.45) is 0 Å². The number of alkyl carbamates (subject to hydrolysis) is 1. The van der Waals surface area contributed by atoms with Crippen LogP contribution in [0.5, 0.6) is 5.75 Å². The fourth-order valence-electron chi connectivity index (χ4n) is 2.08. The van der Waals surface area contributed by atoms with Gasteiger partial charge in [0.05, 0.1) is 12.6 Å².